The average Bonchev–Trinajstić information content (AvgIpc) is 2.78. The molecule has 0 bridgehead atoms. The van der Waals surface area contributed by atoms with Crippen molar-refractivity contribution in [1.29, 1.82) is 0 Å². The summed E-state index contributed by atoms with van der Waals surface area (Å²) in [5.74, 6) is -3.97. The second-order valence-electron chi connectivity index (χ2n) is 5.55. The molecule has 26 heavy (non-hydrogen) atoms. The first-order valence-corrected chi connectivity index (χ1v) is 7.83. The molecule has 0 saturated heterocycles. The number of fused-ring (bicyclic) bond motifs is 1. The third kappa shape index (κ3) is 4.65. The molecule has 1 aromatic carbocycles. The van der Waals surface area contributed by atoms with E-state index in [4.69, 9.17) is 14.6 Å². The molecule has 0 spiro atoms. The van der Waals surface area contributed by atoms with Crippen molar-refractivity contribution in [3.05, 3.63) is 35.4 Å². The van der Waals surface area contributed by atoms with Gasteiger partial charge in [0.05, 0.1) is 11.1 Å². The molecule has 1 aliphatic heterocycles. The quantitative estimate of drug-likeness (QED) is 0.313. The number of hydrogen-bond donors (Lipinski definition) is 1. The van der Waals surface area contributed by atoms with Crippen LogP contribution in [0.2, 0.25) is 0 Å². The molecule has 0 radical (unpaired) electrons. The summed E-state index contributed by atoms with van der Waals surface area (Å²) in [4.78, 5) is 58.5. The van der Waals surface area contributed by atoms with Crippen LogP contribution in [0.4, 0.5) is 0 Å². The maximum atomic E-state index is 12.2. The van der Waals surface area contributed by atoms with Crippen molar-refractivity contribution in [3.8, 4) is 0 Å². The van der Waals surface area contributed by atoms with Crippen LogP contribution in [0.5, 0.6) is 0 Å². The Morgan fingerprint density at radius 2 is 1.65 bits per heavy atom. The number of amides is 2. The molecule has 0 aliphatic carbocycles. The van der Waals surface area contributed by atoms with Crippen molar-refractivity contribution in [3.63, 3.8) is 0 Å². The summed E-state index contributed by atoms with van der Waals surface area (Å²) >= 11 is 0. The molecule has 9 heteroatoms. The van der Waals surface area contributed by atoms with Gasteiger partial charge in [0.25, 0.3) is 11.8 Å². The summed E-state index contributed by atoms with van der Waals surface area (Å²) in [6, 6.07) is 6.44. The van der Waals surface area contributed by atoms with E-state index in [1.54, 1.807) is 24.3 Å². The van der Waals surface area contributed by atoms with Gasteiger partial charge in [-0.3, -0.25) is 28.9 Å². The van der Waals surface area contributed by atoms with Crippen LogP contribution in [0.3, 0.4) is 0 Å². The van der Waals surface area contributed by atoms with Gasteiger partial charge in [0.1, 0.15) is 6.42 Å². The first-order valence-electron chi connectivity index (χ1n) is 7.83. The smallest absolute Gasteiger partial charge is 0.320 e. The molecule has 9 nitrogen and oxygen atoms in total. The number of carboxylic acid groups (broad SMARTS) is 1. The number of carbonyl (C=O) groups excluding carboxylic acids is 4. The Kier molecular flexibility index (Phi) is 6.05. The van der Waals surface area contributed by atoms with Gasteiger partial charge in [-0.2, -0.15) is 0 Å². The van der Waals surface area contributed by atoms with Crippen LogP contribution < -0.4 is 0 Å². The van der Waals surface area contributed by atoms with E-state index in [1.807, 2.05) is 0 Å². The SMILES string of the molecule is CC(=O)OC(CCCN1C(=O)c2ccccc2C1=O)OC(=O)CC(=O)O. The largest absolute Gasteiger partial charge is 0.481 e. The standard InChI is InChI=1S/C17H17NO8/c1-10(19)25-15(26-14(22)9-13(20)21)7-4-8-18-16(23)11-5-2-3-6-12(11)17(18)24/h2-3,5-6,15H,4,7-9H2,1H3,(H,20,21). The van der Waals surface area contributed by atoms with Gasteiger partial charge in [0, 0.05) is 19.9 Å². The second-order valence-corrected chi connectivity index (χ2v) is 5.55. The molecular weight excluding hydrogens is 346 g/mol. The Bertz CT molecular complexity index is 722. The van der Waals surface area contributed by atoms with E-state index in [1.165, 1.54) is 0 Å². The van der Waals surface area contributed by atoms with E-state index < -0.39 is 42.4 Å². The lowest BCUT2D eigenvalue weighted by atomic mass is 10.1. The number of nitrogens with zero attached hydrogens (tertiary/aromatic N) is 1. The van der Waals surface area contributed by atoms with Crippen molar-refractivity contribution in [2.75, 3.05) is 6.54 Å². The van der Waals surface area contributed by atoms with Crippen LogP contribution in [0, 0.1) is 0 Å². The molecule has 1 atom stereocenters. The van der Waals surface area contributed by atoms with Gasteiger partial charge in [-0.1, -0.05) is 12.1 Å². The maximum absolute atomic E-state index is 12.2. The van der Waals surface area contributed by atoms with Crippen LogP contribution in [0.15, 0.2) is 24.3 Å². The number of aliphatic carboxylic acids is 1. The minimum absolute atomic E-state index is 0.0122. The van der Waals surface area contributed by atoms with Gasteiger partial charge in [0.15, 0.2) is 0 Å². The summed E-state index contributed by atoms with van der Waals surface area (Å²) in [6.45, 7) is 1.16. The average molecular weight is 363 g/mol. The van der Waals surface area contributed by atoms with Crippen LogP contribution in [0.1, 0.15) is 46.9 Å². The minimum Gasteiger partial charge on any atom is -0.481 e. The first kappa shape index (κ1) is 19.1. The molecule has 138 valence electrons. The Morgan fingerprint density at radius 1 is 1.08 bits per heavy atom. The summed E-state index contributed by atoms with van der Waals surface area (Å²) in [6.07, 6.45) is -1.94. The zero-order valence-electron chi connectivity index (χ0n) is 14.0. The highest BCUT2D eigenvalue weighted by atomic mass is 16.7. The highest BCUT2D eigenvalue weighted by Gasteiger charge is 2.34. The van der Waals surface area contributed by atoms with E-state index >= 15 is 0 Å². The fourth-order valence-corrected chi connectivity index (χ4v) is 2.50. The lowest BCUT2D eigenvalue weighted by Crippen LogP contribution is -2.32. The van der Waals surface area contributed by atoms with E-state index in [0.717, 1.165) is 11.8 Å². The van der Waals surface area contributed by atoms with Gasteiger partial charge in [-0.15, -0.1) is 0 Å². The molecule has 2 amide bonds. The van der Waals surface area contributed by atoms with E-state index in [-0.39, 0.29) is 19.4 Å². The minimum atomic E-state index is -1.37. The molecular formula is C17H17NO8. The highest BCUT2D eigenvalue weighted by molar-refractivity contribution is 6.21. The van der Waals surface area contributed by atoms with Gasteiger partial charge >= 0.3 is 17.9 Å². The zero-order valence-corrected chi connectivity index (χ0v) is 14.0. The monoisotopic (exact) mass is 363 g/mol. The maximum Gasteiger partial charge on any atom is 0.320 e. The van der Waals surface area contributed by atoms with Crippen LogP contribution in [-0.4, -0.2) is 52.6 Å². The molecule has 1 aromatic rings. The predicted octanol–water partition coefficient (Wildman–Crippen LogP) is 0.970. The third-order valence-electron chi connectivity index (χ3n) is 3.56. The second kappa shape index (κ2) is 8.24. The summed E-state index contributed by atoms with van der Waals surface area (Å²) < 4.78 is 9.62. The first-order chi connectivity index (χ1) is 12.3. The predicted molar refractivity (Wildman–Crippen MR) is 84.9 cm³/mol. The van der Waals surface area contributed by atoms with Crippen molar-refractivity contribution < 1.29 is 38.6 Å². The van der Waals surface area contributed by atoms with Gasteiger partial charge in [-0.25, -0.2) is 0 Å². The van der Waals surface area contributed by atoms with Crippen molar-refractivity contribution in [2.45, 2.75) is 32.5 Å². The van der Waals surface area contributed by atoms with Gasteiger partial charge < -0.3 is 14.6 Å². The lowest BCUT2D eigenvalue weighted by molar-refractivity contribution is -0.188. The van der Waals surface area contributed by atoms with Gasteiger partial charge in [0.2, 0.25) is 6.29 Å². The van der Waals surface area contributed by atoms with Crippen molar-refractivity contribution >= 4 is 29.7 Å². The number of imide groups is 1. The normalized spacial score (nSPS) is 14.0. The van der Waals surface area contributed by atoms with E-state index in [2.05, 4.69) is 0 Å². The Hall–Kier alpha value is -3.23. The number of rotatable bonds is 8. The fourth-order valence-electron chi connectivity index (χ4n) is 2.50. The van der Waals surface area contributed by atoms with Gasteiger partial charge in [-0.05, 0) is 18.6 Å². The van der Waals surface area contributed by atoms with Crippen LogP contribution in [0.25, 0.3) is 0 Å². The molecule has 1 heterocycles. The Labute approximate surface area is 148 Å². The number of hydrogen-bond acceptors (Lipinski definition) is 7. The number of esters is 2. The number of benzene rings is 1. The molecule has 0 saturated carbocycles. The Balaban J connectivity index is 1.92. The third-order valence-corrected chi connectivity index (χ3v) is 3.56. The molecule has 0 fully saturated rings. The topological polar surface area (TPSA) is 127 Å². The van der Waals surface area contributed by atoms with Crippen molar-refractivity contribution in [1.82, 2.24) is 4.90 Å². The number of carboxylic acids is 1. The molecule has 1 aliphatic rings. The summed E-state index contributed by atoms with van der Waals surface area (Å²) in [7, 11) is 0. The van der Waals surface area contributed by atoms with E-state index in [0.29, 0.717) is 11.1 Å². The van der Waals surface area contributed by atoms with Crippen LogP contribution >= 0.6 is 0 Å². The Morgan fingerprint density at radius 3 is 2.15 bits per heavy atom. The molecule has 1 N–H and O–H groups in total. The van der Waals surface area contributed by atoms with Crippen molar-refractivity contribution in [2.24, 2.45) is 0 Å². The summed E-state index contributed by atoms with van der Waals surface area (Å²) in [5, 5.41) is 8.55. The highest BCUT2D eigenvalue weighted by Crippen LogP contribution is 2.23. The zero-order chi connectivity index (χ0) is 19.3. The molecule has 0 aromatic heterocycles. The lowest BCUT2D eigenvalue weighted by Gasteiger charge is -2.19. The molecule has 1 unspecified atom stereocenters. The summed E-state index contributed by atoms with van der Waals surface area (Å²) in [5.41, 5.74) is 0.642. The number of ether oxygens (including phenoxy) is 2. The van der Waals surface area contributed by atoms with E-state index in [9.17, 15) is 24.0 Å². The fraction of sp³-hybridized carbons (Fsp3) is 0.353. The molecule has 2 rings (SSSR count). The number of carbonyl (C=O) groups is 5. The van der Waals surface area contributed by atoms with Crippen LogP contribution in [-0.2, 0) is 23.9 Å².